The SMILES string of the molecule is CC(C)(C)C1CC(=O)N(C2CCCC2)C1. The number of nitrogens with zero attached hydrogens (tertiary/aromatic N) is 1. The van der Waals surface area contributed by atoms with Crippen molar-refractivity contribution >= 4 is 5.91 Å². The Hall–Kier alpha value is -0.530. The Bertz CT molecular complexity index is 248. The highest BCUT2D eigenvalue weighted by Gasteiger charge is 2.40. The zero-order valence-electron chi connectivity index (χ0n) is 10.3. The first-order chi connectivity index (χ1) is 6.98. The van der Waals surface area contributed by atoms with Gasteiger partial charge in [0.2, 0.25) is 5.91 Å². The van der Waals surface area contributed by atoms with Gasteiger partial charge in [-0.1, -0.05) is 33.6 Å². The van der Waals surface area contributed by atoms with Gasteiger partial charge >= 0.3 is 0 Å². The van der Waals surface area contributed by atoms with Crippen LogP contribution in [0.25, 0.3) is 0 Å². The lowest BCUT2D eigenvalue weighted by atomic mass is 9.80. The number of hydrogen-bond acceptors (Lipinski definition) is 1. The zero-order chi connectivity index (χ0) is 11.1. The van der Waals surface area contributed by atoms with Crippen LogP contribution in [0.3, 0.4) is 0 Å². The van der Waals surface area contributed by atoms with Gasteiger partial charge in [-0.2, -0.15) is 0 Å². The molecular weight excluding hydrogens is 186 g/mol. The molecule has 1 aliphatic carbocycles. The monoisotopic (exact) mass is 209 g/mol. The fraction of sp³-hybridized carbons (Fsp3) is 0.923. The summed E-state index contributed by atoms with van der Waals surface area (Å²) in [5, 5.41) is 0. The molecule has 1 unspecified atom stereocenters. The van der Waals surface area contributed by atoms with Crippen molar-refractivity contribution in [1.29, 1.82) is 0 Å². The molecule has 1 heterocycles. The Kier molecular flexibility index (Phi) is 2.78. The highest BCUT2D eigenvalue weighted by atomic mass is 16.2. The first-order valence-electron chi connectivity index (χ1n) is 6.28. The molecule has 0 bridgehead atoms. The van der Waals surface area contributed by atoms with Crippen molar-refractivity contribution in [2.45, 2.75) is 58.9 Å². The summed E-state index contributed by atoms with van der Waals surface area (Å²) in [5.74, 6) is 0.965. The second-order valence-corrected chi connectivity index (χ2v) is 6.25. The number of carbonyl (C=O) groups excluding carboxylic acids is 1. The maximum Gasteiger partial charge on any atom is 0.223 e. The van der Waals surface area contributed by atoms with Crippen molar-refractivity contribution < 1.29 is 4.79 Å². The quantitative estimate of drug-likeness (QED) is 0.650. The van der Waals surface area contributed by atoms with Gasteiger partial charge in [0.25, 0.3) is 0 Å². The molecule has 2 heteroatoms. The molecule has 0 aromatic heterocycles. The Morgan fingerprint density at radius 1 is 1.20 bits per heavy atom. The zero-order valence-corrected chi connectivity index (χ0v) is 10.3. The molecule has 1 saturated heterocycles. The maximum atomic E-state index is 11.9. The third kappa shape index (κ3) is 2.19. The summed E-state index contributed by atoms with van der Waals surface area (Å²) in [6.45, 7) is 7.77. The van der Waals surface area contributed by atoms with Gasteiger partial charge in [-0.3, -0.25) is 4.79 Å². The Balaban J connectivity index is 2.01. The number of carbonyl (C=O) groups is 1. The van der Waals surface area contributed by atoms with E-state index in [9.17, 15) is 4.79 Å². The molecule has 2 fully saturated rings. The molecule has 2 rings (SSSR count). The Labute approximate surface area is 93.0 Å². The van der Waals surface area contributed by atoms with E-state index in [1.54, 1.807) is 0 Å². The van der Waals surface area contributed by atoms with Gasteiger partial charge in [0.1, 0.15) is 0 Å². The smallest absolute Gasteiger partial charge is 0.223 e. The largest absolute Gasteiger partial charge is 0.339 e. The van der Waals surface area contributed by atoms with Gasteiger partial charge < -0.3 is 4.90 Å². The van der Waals surface area contributed by atoms with Gasteiger partial charge in [0, 0.05) is 19.0 Å². The van der Waals surface area contributed by atoms with Gasteiger partial charge in [-0.15, -0.1) is 0 Å². The van der Waals surface area contributed by atoms with E-state index in [-0.39, 0.29) is 5.41 Å². The van der Waals surface area contributed by atoms with E-state index in [4.69, 9.17) is 0 Å². The summed E-state index contributed by atoms with van der Waals surface area (Å²) in [6.07, 6.45) is 5.88. The van der Waals surface area contributed by atoms with Crippen LogP contribution in [0.15, 0.2) is 0 Å². The molecule has 86 valence electrons. The number of hydrogen-bond donors (Lipinski definition) is 0. The van der Waals surface area contributed by atoms with E-state index >= 15 is 0 Å². The molecule has 0 spiro atoms. The molecular formula is C13H23NO. The van der Waals surface area contributed by atoms with E-state index in [1.807, 2.05) is 0 Å². The second kappa shape index (κ2) is 3.80. The highest BCUT2D eigenvalue weighted by molar-refractivity contribution is 5.79. The molecule has 1 saturated carbocycles. The molecule has 0 N–H and O–H groups in total. The maximum absolute atomic E-state index is 11.9. The van der Waals surface area contributed by atoms with Gasteiger partial charge in [-0.05, 0) is 24.2 Å². The molecule has 1 aliphatic heterocycles. The normalized spacial score (nSPS) is 29.1. The van der Waals surface area contributed by atoms with E-state index in [2.05, 4.69) is 25.7 Å². The minimum atomic E-state index is 0.281. The average molecular weight is 209 g/mol. The average Bonchev–Trinajstić information content (AvgIpc) is 2.69. The Morgan fingerprint density at radius 3 is 2.27 bits per heavy atom. The van der Waals surface area contributed by atoms with Gasteiger partial charge in [0.15, 0.2) is 0 Å². The van der Waals surface area contributed by atoms with Crippen LogP contribution in [0, 0.1) is 11.3 Å². The van der Waals surface area contributed by atoms with Crippen LogP contribution in [0.1, 0.15) is 52.9 Å². The van der Waals surface area contributed by atoms with Crippen LogP contribution in [-0.2, 0) is 4.79 Å². The van der Waals surface area contributed by atoms with E-state index in [0.29, 0.717) is 17.9 Å². The second-order valence-electron chi connectivity index (χ2n) is 6.25. The first kappa shape index (κ1) is 11.0. The third-order valence-electron chi connectivity index (χ3n) is 4.15. The van der Waals surface area contributed by atoms with Crippen LogP contribution in [0.2, 0.25) is 0 Å². The van der Waals surface area contributed by atoms with Crippen molar-refractivity contribution in [2.24, 2.45) is 11.3 Å². The molecule has 2 nitrogen and oxygen atoms in total. The molecule has 0 radical (unpaired) electrons. The summed E-state index contributed by atoms with van der Waals surface area (Å²) in [6, 6.07) is 0.574. The van der Waals surface area contributed by atoms with Crippen molar-refractivity contribution in [1.82, 2.24) is 4.90 Å². The van der Waals surface area contributed by atoms with Crippen LogP contribution in [0.5, 0.6) is 0 Å². The summed E-state index contributed by atoms with van der Waals surface area (Å²) in [5.41, 5.74) is 0.281. The van der Waals surface area contributed by atoms with Crippen LogP contribution in [0.4, 0.5) is 0 Å². The third-order valence-corrected chi connectivity index (χ3v) is 4.15. The van der Waals surface area contributed by atoms with Crippen LogP contribution >= 0.6 is 0 Å². The molecule has 0 aromatic carbocycles. The number of rotatable bonds is 1. The molecule has 2 aliphatic rings. The highest BCUT2D eigenvalue weighted by Crippen LogP contribution is 2.37. The summed E-state index contributed by atoms with van der Waals surface area (Å²) in [7, 11) is 0. The van der Waals surface area contributed by atoms with Crippen LogP contribution < -0.4 is 0 Å². The van der Waals surface area contributed by atoms with Crippen molar-refractivity contribution in [3.63, 3.8) is 0 Å². The fourth-order valence-electron chi connectivity index (χ4n) is 2.88. The van der Waals surface area contributed by atoms with Gasteiger partial charge in [-0.25, -0.2) is 0 Å². The fourth-order valence-corrected chi connectivity index (χ4v) is 2.88. The predicted molar refractivity (Wildman–Crippen MR) is 61.5 cm³/mol. The summed E-state index contributed by atoms with van der Waals surface area (Å²) in [4.78, 5) is 14.1. The van der Waals surface area contributed by atoms with E-state index in [1.165, 1.54) is 25.7 Å². The first-order valence-corrected chi connectivity index (χ1v) is 6.28. The van der Waals surface area contributed by atoms with Crippen LogP contribution in [-0.4, -0.2) is 23.4 Å². The van der Waals surface area contributed by atoms with Crippen molar-refractivity contribution in [3.8, 4) is 0 Å². The molecule has 0 aromatic rings. The lowest BCUT2D eigenvalue weighted by Gasteiger charge is -2.28. The lowest BCUT2D eigenvalue weighted by molar-refractivity contribution is -0.129. The molecule has 1 atom stereocenters. The topological polar surface area (TPSA) is 20.3 Å². The number of amides is 1. The van der Waals surface area contributed by atoms with E-state index in [0.717, 1.165) is 13.0 Å². The summed E-state index contributed by atoms with van der Waals surface area (Å²) < 4.78 is 0. The standard InChI is InChI=1S/C13H23NO/c1-13(2,3)10-8-12(15)14(9-10)11-6-4-5-7-11/h10-11H,4-9H2,1-3H3. The molecule has 1 amide bonds. The summed E-state index contributed by atoms with van der Waals surface area (Å²) >= 11 is 0. The predicted octanol–water partition coefficient (Wildman–Crippen LogP) is 2.82. The minimum absolute atomic E-state index is 0.281. The minimum Gasteiger partial charge on any atom is -0.339 e. The lowest BCUT2D eigenvalue weighted by Crippen LogP contribution is -2.35. The van der Waals surface area contributed by atoms with E-state index < -0.39 is 0 Å². The molecule has 15 heavy (non-hydrogen) atoms. The van der Waals surface area contributed by atoms with Crippen molar-refractivity contribution in [3.05, 3.63) is 0 Å². The van der Waals surface area contributed by atoms with Crippen molar-refractivity contribution in [2.75, 3.05) is 6.54 Å². The number of likely N-dealkylation sites (tertiary alicyclic amines) is 1. The van der Waals surface area contributed by atoms with Gasteiger partial charge in [0.05, 0.1) is 0 Å². The Morgan fingerprint density at radius 2 is 1.80 bits per heavy atom.